The normalized spacial score (nSPS) is 11.0. The Morgan fingerprint density at radius 3 is 2.72 bits per heavy atom. The smallest absolute Gasteiger partial charge is 0.230 e. The number of nitrogens with zero attached hydrogens (tertiary/aromatic N) is 3. The molecule has 0 aliphatic rings. The van der Waals surface area contributed by atoms with Gasteiger partial charge in [-0.1, -0.05) is 44.9 Å². The van der Waals surface area contributed by atoms with Gasteiger partial charge in [-0.25, -0.2) is 9.67 Å². The van der Waals surface area contributed by atoms with Gasteiger partial charge in [0.25, 0.3) is 0 Å². The molecule has 0 saturated heterocycles. The van der Waals surface area contributed by atoms with E-state index in [1.807, 2.05) is 34.3 Å². The molecular weight excluding hydrogens is 380 g/mol. The van der Waals surface area contributed by atoms with Crippen LogP contribution in [0.3, 0.4) is 0 Å². The lowest BCUT2D eigenvalue weighted by molar-refractivity contribution is -0.115. The maximum absolute atomic E-state index is 12.5. The summed E-state index contributed by atoms with van der Waals surface area (Å²) in [6.07, 6.45) is 5.84. The van der Waals surface area contributed by atoms with Crippen LogP contribution in [0, 0.1) is 13.8 Å². The van der Waals surface area contributed by atoms with Crippen LogP contribution in [0.2, 0.25) is 0 Å². The molecular formula is C23H30N4OS. The average molecular weight is 411 g/mol. The first-order valence-electron chi connectivity index (χ1n) is 10.4. The second-order valence-electron chi connectivity index (χ2n) is 7.38. The SMILES string of the molecule is CCCCCc1c(C)nn(-c2nc(CC(=O)Nc3ccccc3CC)cs2)c1C. The summed E-state index contributed by atoms with van der Waals surface area (Å²) in [6.45, 7) is 8.48. The Hall–Kier alpha value is -2.47. The van der Waals surface area contributed by atoms with Crippen molar-refractivity contribution in [3.8, 4) is 5.13 Å². The number of thiazole rings is 1. The minimum atomic E-state index is -0.0450. The number of anilines is 1. The van der Waals surface area contributed by atoms with Gasteiger partial charge in [0.1, 0.15) is 0 Å². The number of carbonyl (C=O) groups is 1. The molecule has 2 aromatic heterocycles. The van der Waals surface area contributed by atoms with Crippen molar-refractivity contribution in [2.45, 2.75) is 66.2 Å². The van der Waals surface area contributed by atoms with E-state index in [0.717, 1.165) is 46.3 Å². The molecule has 3 aromatic rings. The molecule has 0 aliphatic heterocycles. The van der Waals surface area contributed by atoms with Gasteiger partial charge in [0.05, 0.1) is 17.8 Å². The van der Waals surface area contributed by atoms with Crippen molar-refractivity contribution in [2.24, 2.45) is 0 Å². The number of unbranched alkanes of at least 4 members (excludes halogenated alkanes) is 2. The van der Waals surface area contributed by atoms with E-state index in [9.17, 15) is 4.79 Å². The van der Waals surface area contributed by atoms with Crippen molar-refractivity contribution in [1.29, 1.82) is 0 Å². The molecule has 0 saturated carbocycles. The van der Waals surface area contributed by atoms with Crippen molar-refractivity contribution in [3.63, 3.8) is 0 Å². The first kappa shape index (κ1) is 21.2. The largest absolute Gasteiger partial charge is 0.325 e. The fourth-order valence-corrected chi connectivity index (χ4v) is 4.38. The zero-order valence-electron chi connectivity index (χ0n) is 17.8. The van der Waals surface area contributed by atoms with Gasteiger partial charge in [-0.15, -0.1) is 11.3 Å². The topological polar surface area (TPSA) is 59.8 Å². The number of aromatic nitrogens is 3. The maximum Gasteiger partial charge on any atom is 0.230 e. The van der Waals surface area contributed by atoms with Gasteiger partial charge >= 0.3 is 0 Å². The summed E-state index contributed by atoms with van der Waals surface area (Å²) in [7, 11) is 0. The van der Waals surface area contributed by atoms with Crippen LogP contribution in [0.15, 0.2) is 29.6 Å². The fraction of sp³-hybridized carbons (Fsp3) is 0.435. The third-order valence-corrected chi connectivity index (χ3v) is 6.07. The second-order valence-corrected chi connectivity index (χ2v) is 8.21. The Balaban J connectivity index is 1.69. The zero-order valence-corrected chi connectivity index (χ0v) is 18.6. The quantitative estimate of drug-likeness (QED) is 0.479. The summed E-state index contributed by atoms with van der Waals surface area (Å²) in [5.74, 6) is -0.0450. The summed E-state index contributed by atoms with van der Waals surface area (Å²) in [4.78, 5) is 17.2. The number of carbonyl (C=O) groups excluding carboxylic acids is 1. The van der Waals surface area contributed by atoms with Crippen LogP contribution in [-0.2, 0) is 24.1 Å². The molecule has 29 heavy (non-hydrogen) atoms. The van der Waals surface area contributed by atoms with E-state index >= 15 is 0 Å². The van der Waals surface area contributed by atoms with E-state index in [1.54, 1.807) is 0 Å². The van der Waals surface area contributed by atoms with Crippen LogP contribution in [0.25, 0.3) is 5.13 Å². The molecule has 0 unspecified atom stereocenters. The van der Waals surface area contributed by atoms with Crippen LogP contribution in [-0.4, -0.2) is 20.7 Å². The minimum absolute atomic E-state index is 0.0450. The maximum atomic E-state index is 12.5. The highest BCUT2D eigenvalue weighted by molar-refractivity contribution is 7.12. The van der Waals surface area contributed by atoms with Gasteiger partial charge in [0.2, 0.25) is 11.0 Å². The van der Waals surface area contributed by atoms with Gasteiger partial charge in [-0.2, -0.15) is 5.10 Å². The summed E-state index contributed by atoms with van der Waals surface area (Å²) < 4.78 is 1.93. The lowest BCUT2D eigenvalue weighted by Gasteiger charge is -2.08. The molecule has 5 nitrogen and oxygen atoms in total. The molecule has 0 bridgehead atoms. The highest BCUT2D eigenvalue weighted by Gasteiger charge is 2.16. The van der Waals surface area contributed by atoms with Gasteiger partial charge in [-0.05, 0) is 50.3 Å². The Labute approximate surface area is 177 Å². The standard InChI is InChI=1S/C23H30N4OS/c1-5-7-8-12-20-16(3)26-27(17(20)4)23-24-19(15-29-23)14-22(28)25-21-13-10-9-11-18(21)6-2/h9-11,13,15H,5-8,12,14H2,1-4H3,(H,25,28). The number of para-hydroxylation sites is 1. The Bertz CT molecular complexity index is 973. The van der Waals surface area contributed by atoms with E-state index in [4.69, 9.17) is 5.10 Å². The van der Waals surface area contributed by atoms with Crippen LogP contribution >= 0.6 is 11.3 Å². The van der Waals surface area contributed by atoms with Gasteiger partial charge < -0.3 is 5.32 Å². The van der Waals surface area contributed by atoms with E-state index in [1.165, 1.54) is 36.2 Å². The summed E-state index contributed by atoms with van der Waals surface area (Å²) in [5, 5.41) is 10.5. The van der Waals surface area contributed by atoms with E-state index < -0.39 is 0 Å². The van der Waals surface area contributed by atoms with E-state index in [0.29, 0.717) is 0 Å². The van der Waals surface area contributed by atoms with E-state index in [-0.39, 0.29) is 12.3 Å². The highest BCUT2D eigenvalue weighted by atomic mass is 32.1. The molecule has 0 aliphatic carbocycles. The van der Waals surface area contributed by atoms with Gasteiger partial charge in [-0.3, -0.25) is 4.79 Å². The molecule has 0 atom stereocenters. The van der Waals surface area contributed by atoms with Crippen molar-refractivity contribution < 1.29 is 4.79 Å². The van der Waals surface area contributed by atoms with Crippen LogP contribution < -0.4 is 5.32 Å². The van der Waals surface area contributed by atoms with E-state index in [2.05, 4.69) is 38.0 Å². The van der Waals surface area contributed by atoms with Crippen LogP contribution in [0.4, 0.5) is 5.69 Å². The third kappa shape index (κ3) is 5.12. The zero-order chi connectivity index (χ0) is 20.8. The number of nitrogens with one attached hydrogen (secondary N) is 1. The Morgan fingerprint density at radius 2 is 1.97 bits per heavy atom. The molecule has 154 valence electrons. The minimum Gasteiger partial charge on any atom is -0.325 e. The average Bonchev–Trinajstić information content (AvgIpc) is 3.27. The number of rotatable bonds is 9. The molecule has 3 rings (SSSR count). The second kappa shape index (κ2) is 9.83. The molecule has 0 fully saturated rings. The monoisotopic (exact) mass is 410 g/mol. The van der Waals surface area contributed by atoms with Crippen molar-refractivity contribution in [3.05, 3.63) is 57.9 Å². The van der Waals surface area contributed by atoms with Crippen molar-refractivity contribution in [1.82, 2.24) is 14.8 Å². The number of hydrogen-bond donors (Lipinski definition) is 1. The van der Waals surface area contributed by atoms with Crippen LogP contribution in [0.1, 0.15) is 61.3 Å². The molecule has 1 N–H and O–H groups in total. The Morgan fingerprint density at radius 1 is 1.17 bits per heavy atom. The predicted molar refractivity (Wildman–Crippen MR) is 120 cm³/mol. The molecule has 1 aromatic carbocycles. The molecule has 2 heterocycles. The summed E-state index contributed by atoms with van der Waals surface area (Å²) in [5.41, 5.74) is 6.34. The summed E-state index contributed by atoms with van der Waals surface area (Å²) >= 11 is 1.53. The molecule has 0 spiro atoms. The van der Waals surface area contributed by atoms with Gasteiger partial charge in [0, 0.05) is 16.8 Å². The van der Waals surface area contributed by atoms with Crippen molar-refractivity contribution in [2.75, 3.05) is 5.32 Å². The van der Waals surface area contributed by atoms with Crippen LogP contribution in [0.5, 0.6) is 0 Å². The Kier molecular flexibility index (Phi) is 7.20. The van der Waals surface area contributed by atoms with Gasteiger partial charge in [0.15, 0.2) is 0 Å². The van der Waals surface area contributed by atoms with Crippen molar-refractivity contribution >= 4 is 22.9 Å². The summed E-state index contributed by atoms with van der Waals surface area (Å²) in [6, 6.07) is 7.92. The predicted octanol–water partition coefficient (Wildman–Crippen LogP) is 5.42. The third-order valence-electron chi connectivity index (χ3n) is 5.21. The first-order valence-corrected chi connectivity index (χ1v) is 11.3. The lowest BCUT2D eigenvalue weighted by Crippen LogP contribution is -2.15. The number of benzene rings is 1. The number of aryl methyl sites for hydroxylation is 2. The number of amides is 1. The fourth-order valence-electron chi connectivity index (χ4n) is 3.56. The molecule has 1 amide bonds. The first-order chi connectivity index (χ1) is 14.0. The highest BCUT2D eigenvalue weighted by Crippen LogP contribution is 2.23. The molecule has 0 radical (unpaired) electrons. The molecule has 6 heteroatoms. The number of hydrogen-bond acceptors (Lipinski definition) is 4. The lowest BCUT2D eigenvalue weighted by atomic mass is 10.1.